The van der Waals surface area contributed by atoms with E-state index in [1.54, 1.807) is 27.7 Å². The molecule has 91 heavy (non-hydrogen) atoms. The van der Waals surface area contributed by atoms with E-state index < -0.39 is 162 Å². The van der Waals surface area contributed by atoms with E-state index in [0.717, 1.165) is 27.5 Å². The van der Waals surface area contributed by atoms with Gasteiger partial charge in [0, 0.05) is 72.0 Å². The summed E-state index contributed by atoms with van der Waals surface area (Å²) in [4.78, 5) is 168. The lowest BCUT2D eigenvalue weighted by atomic mass is 9.78. The van der Waals surface area contributed by atoms with Gasteiger partial charge in [0.25, 0.3) is 0 Å². The van der Waals surface area contributed by atoms with Crippen molar-refractivity contribution in [2.45, 2.75) is 235 Å². The lowest BCUT2D eigenvalue weighted by molar-refractivity contribution is -0.182. The van der Waals surface area contributed by atoms with E-state index in [1.165, 1.54) is 61.9 Å². The summed E-state index contributed by atoms with van der Waals surface area (Å²) in [6, 6.07) is -7.70. The fourth-order valence-electron chi connectivity index (χ4n) is 14.0. The Bertz CT molecular complexity index is 2600. The molecule has 3 saturated carbocycles. The van der Waals surface area contributed by atoms with E-state index in [4.69, 9.17) is 23.2 Å². The third-order valence-corrected chi connectivity index (χ3v) is 20.6. The highest BCUT2D eigenvalue weighted by Gasteiger charge is 2.51. The number of alkyl halides is 5. The molecule has 5 aliphatic rings. The molecule has 13 atom stereocenters. The van der Waals surface area contributed by atoms with Crippen LogP contribution in [0, 0.1) is 35.5 Å². The first kappa shape index (κ1) is 76.3. The molecule has 22 nitrogen and oxygen atoms in total. The first-order chi connectivity index (χ1) is 42.5. The first-order valence-corrected chi connectivity index (χ1v) is 33.8. The average molecular weight is 1330 g/mol. The SMILES string of the molecule is CC[C@H](C)[C@@H]1NC(=O)[C@H](CC(C)C)N(C)C(=O)C[C@@H](C)NC(=O)[C@H](C(C)C)N(C)C(=O)C2(CCCC2)NC(=O)[C@@H]2CCCN2C(=O)[C@H](CCC2CCC(C(F)(F)F)C(Cl)C2)NC(=O)CN(C)C(=O)[C@H](CC2CCCC(Cl)C2)N(C)C(=O)CN(C)C(=O)CN(C)C1=O. The fourth-order valence-corrected chi connectivity index (χ4v) is 15.0. The highest BCUT2D eigenvalue weighted by Crippen LogP contribution is 2.44. The van der Waals surface area contributed by atoms with Crippen LogP contribution in [-0.2, 0) is 52.7 Å². The minimum absolute atomic E-state index is 0.00512. The van der Waals surface area contributed by atoms with E-state index in [9.17, 15) is 56.3 Å². The first-order valence-electron chi connectivity index (χ1n) is 32.9. The van der Waals surface area contributed by atoms with Gasteiger partial charge in [-0.25, -0.2) is 0 Å². The summed E-state index contributed by atoms with van der Waals surface area (Å²) in [5.41, 5.74) is -1.48. The molecule has 5 fully saturated rings. The average Bonchev–Trinajstić information content (AvgIpc) is 1.75. The highest BCUT2D eigenvalue weighted by molar-refractivity contribution is 6.21. The summed E-state index contributed by atoms with van der Waals surface area (Å²) in [5.74, 6) is -9.95. The van der Waals surface area contributed by atoms with Crippen molar-refractivity contribution >= 4 is 88.2 Å². The second-order valence-electron chi connectivity index (χ2n) is 27.8. The van der Waals surface area contributed by atoms with Gasteiger partial charge in [0.2, 0.25) is 65.0 Å². The van der Waals surface area contributed by atoms with Gasteiger partial charge >= 0.3 is 6.18 Å². The number of amides is 11. The third-order valence-electron chi connectivity index (χ3n) is 19.7. The summed E-state index contributed by atoms with van der Waals surface area (Å²) in [5, 5.41) is 10.2. The number of carbonyl (C=O) groups is 11. The summed E-state index contributed by atoms with van der Waals surface area (Å²) in [6.45, 7) is 11.0. The monoisotopic (exact) mass is 1330 g/mol. The lowest BCUT2D eigenvalue weighted by Gasteiger charge is -2.39. The maximum Gasteiger partial charge on any atom is 0.393 e. The van der Waals surface area contributed by atoms with Crippen LogP contribution in [-0.4, -0.2) is 233 Å². The Morgan fingerprint density at radius 2 is 1.24 bits per heavy atom. The van der Waals surface area contributed by atoms with Gasteiger partial charge in [-0.1, -0.05) is 73.6 Å². The van der Waals surface area contributed by atoms with Gasteiger partial charge in [0.05, 0.1) is 25.6 Å². The van der Waals surface area contributed by atoms with Crippen LogP contribution >= 0.6 is 23.2 Å². The quantitative estimate of drug-likeness (QED) is 0.200. The molecule has 516 valence electrons. The number of hydrogen-bond donors (Lipinski definition) is 4. The predicted octanol–water partition coefficient (Wildman–Crippen LogP) is 5.44. The number of carbonyl (C=O) groups excluding carboxylic acids is 11. The van der Waals surface area contributed by atoms with Crippen molar-refractivity contribution in [1.82, 2.24) is 55.6 Å². The standard InChI is InChI=1S/C64H104Cl2F3N11O11/c1-14-39(6)54-61(90)76(10)35-52(83)74(8)36-53(84)78(12)49(33-42-19-17-20-43(65)31-42)60(89)75(9)34-50(81)71-46(25-23-41-22-24-44(45(66)32-41)64(67,68)69)59(88)80-28-18-21-47(80)57(86)73-63(26-15-16-27-63)62(91)79(13)55(38(4)5)58(87)70-40(7)30-51(82)77(11)48(29-37(2)3)56(85)72-54/h37-49,54-55H,14-36H2,1-13H3,(H,70,87)(H,71,81)(H,72,85)(H,73,86)/t39-,40+,41?,42?,43?,44?,45?,46-,47-,48-,49-,54-,55-/m0/s1. The molecule has 0 aromatic carbocycles. The van der Waals surface area contributed by atoms with Gasteiger partial charge in [-0.3, -0.25) is 52.7 Å². The Morgan fingerprint density at radius 3 is 1.84 bits per heavy atom. The number of hydrogen-bond acceptors (Lipinski definition) is 11. The zero-order valence-electron chi connectivity index (χ0n) is 55.9. The van der Waals surface area contributed by atoms with E-state index in [-0.39, 0.29) is 100 Å². The molecule has 27 heteroatoms. The molecule has 0 bridgehead atoms. The minimum atomic E-state index is -4.50. The molecular formula is C64H104Cl2F3N11O11. The predicted molar refractivity (Wildman–Crippen MR) is 338 cm³/mol. The Balaban J connectivity index is 1.53. The second kappa shape index (κ2) is 33.6. The molecule has 4 N–H and O–H groups in total. The van der Waals surface area contributed by atoms with Crippen LogP contribution in [0.5, 0.6) is 0 Å². The molecule has 0 aromatic rings. The van der Waals surface area contributed by atoms with Gasteiger partial charge in [0.15, 0.2) is 0 Å². The van der Waals surface area contributed by atoms with Crippen molar-refractivity contribution in [2.75, 3.05) is 68.5 Å². The van der Waals surface area contributed by atoms with E-state index >= 15 is 9.59 Å². The van der Waals surface area contributed by atoms with Gasteiger partial charge in [-0.2, -0.15) is 13.2 Å². The van der Waals surface area contributed by atoms with Crippen molar-refractivity contribution in [3.8, 4) is 0 Å². The Morgan fingerprint density at radius 1 is 0.615 bits per heavy atom. The summed E-state index contributed by atoms with van der Waals surface area (Å²) < 4.78 is 41.7. The van der Waals surface area contributed by atoms with Gasteiger partial charge in [-0.05, 0) is 120 Å². The smallest absolute Gasteiger partial charge is 0.351 e. The summed E-state index contributed by atoms with van der Waals surface area (Å²) >= 11 is 13.0. The zero-order chi connectivity index (χ0) is 68.1. The van der Waals surface area contributed by atoms with Crippen LogP contribution in [0.2, 0.25) is 0 Å². The molecule has 5 unspecified atom stereocenters. The van der Waals surface area contributed by atoms with Gasteiger partial charge in [-0.15, -0.1) is 23.2 Å². The van der Waals surface area contributed by atoms with E-state index in [0.29, 0.717) is 38.5 Å². The molecule has 5 rings (SSSR count). The molecule has 0 radical (unpaired) electrons. The number of halogens is 5. The van der Waals surface area contributed by atoms with Crippen molar-refractivity contribution < 1.29 is 65.9 Å². The summed E-state index contributed by atoms with van der Waals surface area (Å²) in [6.07, 6.45) is 1.02. The topological polar surface area (TPSA) is 259 Å². The minimum Gasteiger partial charge on any atom is -0.351 e. The summed E-state index contributed by atoms with van der Waals surface area (Å²) in [7, 11) is 8.53. The molecule has 3 aliphatic carbocycles. The Labute approximate surface area is 546 Å². The van der Waals surface area contributed by atoms with Crippen LogP contribution in [0.15, 0.2) is 0 Å². The molecule has 1 spiro atoms. The van der Waals surface area contributed by atoms with Crippen molar-refractivity contribution in [1.29, 1.82) is 0 Å². The maximum atomic E-state index is 15.0. The largest absolute Gasteiger partial charge is 0.393 e. The Hall–Kier alpha value is -5.46. The molecule has 2 saturated heterocycles. The fraction of sp³-hybridized carbons (Fsp3) is 0.828. The molecular weight excluding hydrogens is 1230 g/mol. The molecule has 2 heterocycles. The van der Waals surface area contributed by atoms with Gasteiger partial charge < -0.3 is 55.6 Å². The van der Waals surface area contributed by atoms with Gasteiger partial charge in [0.1, 0.15) is 41.8 Å². The second-order valence-corrected chi connectivity index (χ2v) is 29.0. The number of fused-ring (bicyclic) bond motifs is 1. The normalized spacial score (nSPS) is 31.1. The number of rotatable bonds is 10. The zero-order valence-corrected chi connectivity index (χ0v) is 57.4. The number of nitrogens with one attached hydrogen (secondary N) is 4. The van der Waals surface area contributed by atoms with E-state index in [2.05, 4.69) is 21.3 Å². The van der Waals surface area contributed by atoms with E-state index in [1.807, 2.05) is 20.8 Å². The van der Waals surface area contributed by atoms with Crippen molar-refractivity contribution in [2.24, 2.45) is 35.5 Å². The molecule has 11 amide bonds. The van der Waals surface area contributed by atoms with Crippen LogP contribution in [0.1, 0.15) is 170 Å². The molecule has 2 aliphatic heterocycles. The third kappa shape index (κ3) is 20.3. The van der Waals surface area contributed by atoms with Crippen LogP contribution in [0.25, 0.3) is 0 Å². The lowest BCUT2D eigenvalue weighted by Crippen LogP contribution is -2.64. The number of nitrogens with zero attached hydrogens (tertiary/aromatic N) is 7. The van der Waals surface area contributed by atoms with Crippen LogP contribution in [0.4, 0.5) is 13.2 Å². The number of likely N-dealkylation sites (N-methyl/N-ethyl adjacent to an activating group) is 6. The van der Waals surface area contributed by atoms with Crippen LogP contribution < -0.4 is 21.3 Å². The maximum absolute atomic E-state index is 15.0. The van der Waals surface area contributed by atoms with Crippen molar-refractivity contribution in [3.05, 3.63) is 0 Å². The molecule has 0 aromatic heterocycles. The Kier molecular flexibility index (Phi) is 28.1. The van der Waals surface area contributed by atoms with Crippen LogP contribution in [0.3, 0.4) is 0 Å². The highest BCUT2D eigenvalue weighted by atomic mass is 35.5. The van der Waals surface area contributed by atoms with Crippen molar-refractivity contribution in [3.63, 3.8) is 0 Å².